The van der Waals surface area contributed by atoms with E-state index in [1.165, 1.54) is 21.7 Å². The molecule has 28 heavy (non-hydrogen) atoms. The summed E-state index contributed by atoms with van der Waals surface area (Å²) in [6.07, 6.45) is 1.51. The zero-order valence-corrected chi connectivity index (χ0v) is 15.5. The predicted molar refractivity (Wildman–Crippen MR) is 102 cm³/mol. The van der Waals surface area contributed by atoms with Crippen molar-refractivity contribution >= 4 is 34.9 Å². The van der Waals surface area contributed by atoms with Crippen LogP contribution in [0.25, 0.3) is 5.69 Å². The summed E-state index contributed by atoms with van der Waals surface area (Å²) >= 11 is 6.50. The quantitative estimate of drug-likeness (QED) is 0.686. The molecule has 8 heteroatoms. The second-order valence-electron chi connectivity index (χ2n) is 6.92. The van der Waals surface area contributed by atoms with Gasteiger partial charge < -0.3 is 10.2 Å². The van der Waals surface area contributed by atoms with Gasteiger partial charge in [-0.2, -0.15) is 5.10 Å². The van der Waals surface area contributed by atoms with Gasteiger partial charge >= 0.3 is 0 Å². The van der Waals surface area contributed by atoms with Crippen molar-refractivity contribution in [3.05, 3.63) is 70.6 Å². The summed E-state index contributed by atoms with van der Waals surface area (Å²) in [5.41, 5.74) is 1.18. The van der Waals surface area contributed by atoms with E-state index in [1.807, 2.05) is 6.07 Å². The van der Waals surface area contributed by atoms with Crippen LogP contribution in [0.2, 0.25) is 5.02 Å². The summed E-state index contributed by atoms with van der Waals surface area (Å²) < 4.78 is 14.8. The second-order valence-corrected chi connectivity index (χ2v) is 7.33. The number of benzene rings is 2. The molecule has 0 radical (unpaired) electrons. The lowest BCUT2D eigenvalue weighted by atomic mass is 9.71. The molecule has 0 saturated heterocycles. The Balaban J connectivity index is 1.79. The van der Waals surface area contributed by atoms with E-state index >= 15 is 0 Å². The summed E-state index contributed by atoms with van der Waals surface area (Å²) in [5.74, 6) is -0.535. The Hall–Kier alpha value is -3.19. The number of nitrogens with zero attached hydrogens (tertiary/aromatic N) is 3. The molecule has 6 nitrogen and oxygen atoms in total. The molecule has 1 atom stereocenters. The monoisotopic (exact) mass is 396 g/mol. The molecule has 140 valence electrons. The number of fused-ring (bicyclic) bond motifs is 4. The predicted octanol–water partition coefficient (Wildman–Crippen LogP) is 3.27. The van der Waals surface area contributed by atoms with Crippen LogP contribution in [0.5, 0.6) is 0 Å². The van der Waals surface area contributed by atoms with Crippen LogP contribution in [0.1, 0.15) is 17.5 Å². The van der Waals surface area contributed by atoms with Gasteiger partial charge in [-0.3, -0.25) is 9.59 Å². The third-order valence-electron chi connectivity index (χ3n) is 5.43. The molecule has 3 heterocycles. The van der Waals surface area contributed by atoms with E-state index in [2.05, 4.69) is 10.4 Å². The summed E-state index contributed by atoms with van der Waals surface area (Å²) in [5, 5.41) is 7.61. The first-order valence-corrected chi connectivity index (χ1v) is 9.03. The zero-order chi connectivity index (χ0) is 19.6. The van der Waals surface area contributed by atoms with E-state index in [-0.39, 0.29) is 24.1 Å². The van der Waals surface area contributed by atoms with Crippen LogP contribution in [0.4, 0.5) is 15.9 Å². The number of carbonyl (C=O) groups excluding carboxylic acids is 2. The Morgan fingerprint density at radius 2 is 1.93 bits per heavy atom. The number of carbonyl (C=O) groups is 2. The van der Waals surface area contributed by atoms with Gasteiger partial charge in [0.1, 0.15) is 17.1 Å². The second kappa shape index (κ2) is 5.65. The third kappa shape index (κ3) is 2.05. The van der Waals surface area contributed by atoms with Crippen LogP contribution < -0.4 is 10.2 Å². The van der Waals surface area contributed by atoms with Gasteiger partial charge in [-0.15, -0.1) is 0 Å². The highest BCUT2D eigenvalue weighted by Gasteiger charge is 2.57. The minimum absolute atomic E-state index is 0.0605. The molecule has 0 unspecified atom stereocenters. The van der Waals surface area contributed by atoms with Crippen LogP contribution in [0.15, 0.2) is 48.7 Å². The van der Waals surface area contributed by atoms with E-state index in [0.29, 0.717) is 33.3 Å². The number of nitrogens with one attached hydrogen (secondary N) is 1. The van der Waals surface area contributed by atoms with Gasteiger partial charge in [0, 0.05) is 35.3 Å². The largest absolute Gasteiger partial charge is 0.314 e. The first-order chi connectivity index (χ1) is 13.4. The number of halogens is 2. The highest BCUT2D eigenvalue weighted by atomic mass is 35.5. The molecule has 3 aromatic rings. The Kier molecular flexibility index (Phi) is 3.42. The number of hydrogen-bond donors (Lipinski definition) is 1. The number of anilines is 2. The lowest BCUT2D eigenvalue weighted by Gasteiger charge is -2.32. The fourth-order valence-corrected chi connectivity index (χ4v) is 4.53. The molecule has 2 amide bonds. The summed E-state index contributed by atoms with van der Waals surface area (Å²) in [7, 11) is 1.67. The molecule has 1 aromatic heterocycles. The maximum atomic E-state index is 13.4. The lowest BCUT2D eigenvalue weighted by Crippen LogP contribution is -2.45. The number of likely N-dealkylation sites (N-methyl/N-ethyl adjacent to an activating group) is 1. The Morgan fingerprint density at radius 3 is 2.68 bits per heavy atom. The molecule has 2 aliphatic heterocycles. The van der Waals surface area contributed by atoms with Crippen molar-refractivity contribution in [1.29, 1.82) is 0 Å². The van der Waals surface area contributed by atoms with Crippen molar-refractivity contribution in [2.45, 2.75) is 11.8 Å². The molecular formula is C20H14ClFN4O2. The minimum Gasteiger partial charge on any atom is -0.314 e. The smallest absolute Gasteiger partial charge is 0.242 e. The van der Waals surface area contributed by atoms with Crippen LogP contribution >= 0.6 is 11.6 Å². The average Bonchev–Trinajstić information content (AvgIpc) is 3.18. The highest BCUT2D eigenvalue weighted by Crippen LogP contribution is 2.54. The molecule has 0 fully saturated rings. The Bertz CT molecular complexity index is 1160. The molecule has 1 N–H and O–H groups in total. The average molecular weight is 397 g/mol. The van der Waals surface area contributed by atoms with Crippen LogP contribution in [-0.4, -0.2) is 28.6 Å². The van der Waals surface area contributed by atoms with Gasteiger partial charge in [-0.05, 0) is 36.4 Å². The topological polar surface area (TPSA) is 67.2 Å². The molecule has 1 spiro atoms. The fourth-order valence-electron chi connectivity index (χ4n) is 4.20. The van der Waals surface area contributed by atoms with Gasteiger partial charge in [0.2, 0.25) is 11.8 Å². The van der Waals surface area contributed by atoms with Crippen LogP contribution in [0.3, 0.4) is 0 Å². The minimum atomic E-state index is -1.24. The van der Waals surface area contributed by atoms with Crippen molar-refractivity contribution in [2.24, 2.45) is 0 Å². The van der Waals surface area contributed by atoms with E-state index < -0.39 is 5.41 Å². The number of rotatable bonds is 1. The number of aromatic nitrogens is 2. The maximum absolute atomic E-state index is 13.4. The van der Waals surface area contributed by atoms with Crippen LogP contribution in [-0.2, 0) is 15.0 Å². The first kappa shape index (κ1) is 16.9. The van der Waals surface area contributed by atoms with Gasteiger partial charge in [-0.25, -0.2) is 9.07 Å². The molecule has 0 bridgehead atoms. The van der Waals surface area contributed by atoms with E-state index in [0.717, 1.165) is 0 Å². The third-order valence-corrected chi connectivity index (χ3v) is 5.75. The summed E-state index contributed by atoms with van der Waals surface area (Å²) in [6, 6.07) is 11.0. The van der Waals surface area contributed by atoms with Crippen molar-refractivity contribution in [3.63, 3.8) is 0 Å². The van der Waals surface area contributed by atoms with Crippen molar-refractivity contribution in [1.82, 2.24) is 9.78 Å². The molecular weight excluding hydrogens is 383 g/mol. The molecule has 0 aliphatic carbocycles. The SMILES string of the molecule is CN1C(=O)[C@@]2(CC(=O)Nc3c2cnn3-c2ccc(F)cc2)c2c(Cl)cccc21. The van der Waals surface area contributed by atoms with Gasteiger partial charge in [-0.1, -0.05) is 17.7 Å². The normalized spacial score (nSPS) is 20.3. The van der Waals surface area contributed by atoms with Gasteiger partial charge in [0.05, 0.1) is 11.9 Å². The Morgan fingerprint density at radius 1 is 1.18 bits per heavy atom. The van der Waals surface area contributed by atoms with Crippen LogP contribution in [0, 0.1) is 5.82 Å². The van der Waals surface area contributed by atoms with Gasteiger partial charge in [0.15, 0.2) is 0 Å². The summed E-state index contributed by atoms with van der Waals surface area (Å²) in [4.78, 5) is 27.6. The molecule has 2 aliphatic rings. The first-order valence-electron chi connectivity index (χ1n) is 8.65. The van der Waals surface area contributed by atoms with Gasteiger partial charge in [0.25, 0.3) is 0 Å². The standard InChI is InChI=1S/C20H14ClFN4O2/c1-25-15-4-2-3-14(21)17(15)20(19(25)28)9-16(27)24-18-13(20)10-23-26(18)12-7-5-11(22)6-8-12/h2-8,10H,9H2,1H3,(H,24,27)/t20-/m1/s1. The Labute approximate surface area is 164 Å². The molecule has 2 aromatic carbocycles. The zero-order valence-electron chi connectivity index (χ0n) is 14.7. The van der Waals surface area contributed by atoms with Crippen molar-refractivity contribution in [3.8, 4) is 5.69 Å². The van der Waals surface area contributed by atoms with E-state index in [9.17, 15) is 14.0 Å². The fraction of sp³-hybridized carbons (Fsp3) is 0.150. The van der Waals surface area contributed by atoms with Crippen molar-refractivity contribution in [2.75, 3.05) is 17.3 Å². The molecule has 0 saturated carbocycles. The highest BCUT2D eigenvalue weighted by molar-refractivity contribution is 6.33. The lowest BCUT2D eigenvalue weighted by molar-refractivity contribution is -0.126. The van der Waals surface area contributed by atoms with Crippen molar-refractivity contribution < 1.29 is 14.0 Å². The number of amides is 2. The van der Waals surface area contributed by atoms with E-state index in [4.69, 9.17) is 11.6 Å². The maximum Gasteiger partial charge on any atom is 0.242 e. The van der Waals surface area contributed by atoms with E-state index in [1.54, 1.807) is 37.5 Å². The number of hydrogen-bond acceptors (Lipinski definition) is 3. The summed E-state index contributed by atoms with van der Waals surface area (Å²) in [6.45, 7) is 0. The molecule has 5 rings (SSSR count).